The van der Waals surface area contributed by atoms with Crippen molar-refractivity contribution in [3.63, 3.8) is 0 Å². The van der Waals surface area contributed by atoms with Crippen LogP contribution in [0.4, 0.5) is 5.69 Å². The highest BCUT2D eigenvalue weighted by Gasteiger charge is 2.35. The van der Waals surface area contributed by atoms with Crippen LogP contribution >= 0.6 is 23.2 Å². The highest BCUT2D eigenvalue weighted by Crippen LogP contribution is 2.34. The van der Waals surface area contributed by atoms with Gasteiger partial charge >= 0.3 is 0 Å². The third-order valence-corrected chi connectivity index (χ3v) is 9.70. The molecule has 12 heteroatoms. The number of methoxy groups -OCH3 is 2. The van der Waals surface area contributed by atoms with Crippen molar-refractivity contribution in [1.82, 2.24) is 10.2 Å². The lowest BCUT2D eigenvalue weighted by molar-refractivity contribution is -0.140. The van der Waals surface area contributed by atoms with Crippen molar-refractivity contribution in [3.05, 3.63) is 118 Å². The van der Waals surface area contributed by atoms with E-state index in [1.54, 1.807) is 42.5 Å². The summed E-state index contributed by atoms with van der Waals surface area (Å²) in [5.41, 5.74) is 1.50. The van der Waals surface area contributed by atoms with Gasteiger partial charge in [0.05, 0.1) is 24.8 Å². The summed E-state index contributed by atoms with van der Waals surface area (Å²) >= 11 is 12.7. The van der Waals surface area contributed by atoms with Crippen LogP contribution in [0.1, 0.15) is 25.0 Å². The lowest BCUT2D eigenvalue weighted by Crippen LogP contribution is -2.54. The molecule has 248 valence electrons. The lowest BCUT2D eigenvalue weighted by Gasteiger charge is -2.34. The van der Waals surface area contributed by atoms with Crippen molar-refractivity contribution in [1.29, 1.82) is 0 Å². The molecular weight excluding hydrogens is 661 g/mol. The predicted octanol–water partition coefficient (Wildman–Crippen LogP) is 6.37. The Hall–Kier alpha value is -4.25. The van der Waals surface area contributed by atoms with Crippen LogP contribution in [-0.2, 0) is 32.6 Å². The second-order valence-corrected chi connectivity index (χ2v) is 13.7. The van der Waals surface area contributed by atoms with Gasteiger partial charge in [-0.25, -0.2) is 8.42 Å². The molecule has 9 nitrogen and oxygen atoms in total. The SMILES string of the molecule is COc1ccc(N(CC(=O)N(Cc2ccc(Cl)cc2Cl)C(Cc2ccccc2)C(=O)NC(C)C)S(=O)(=O)c2ccccc2)cc1OC. The Morgan fingerprint density at radius 2 is 1.47 bits per heavy atom. The molecule has 4 aromatic rings. The Bertz CT molecular complexity index is 1790. The average molecular weight is 699 g/mol. The molecule has 0 aliphatic rings. The monoisotopic (exact) mass is 697 g/mol. The van der Waals surface area contributed by atoms with Gasteiger partial charge in [0.25, 0.3) is 10.0 Å². The third kappa shape index (κ3) is 8.97. The third-order valence-electron chi connectivity index (χ3n) is 7.32. The summed E-state index contributed by atoms with van der Waals surface area (Å²) in [6.45, 7) is 2.91. The summed E-state index contributed by atoms with van der Waals surface area (Å²) in [6.07, 6.45) is 0.165. The molecule has 0 saturated heterocycles. The second-order valence-electron chi connectivity index (χ2n) is 11.0. The molecule has 0 aliphatic heterocycles. The number of rotatable bonds is 14. The summed E-state index contributed by atoms with van der Waals surface area (Å²) < 4.78 is 40.2. The zero-order chi connectivity index (χ0) is 34.1. The Morgan fingerprint density at radius 1 is 0.830 bits per heavy atom. The molecule has 4 rings (SSSR count). The topological polar surface area (TPSA) is 105 Å². The van der Waals surface area contributed by atoms with E-state index in [-0.39, 0.29) is 35.3 Å². The smallest absolute Gasteiger partial charge is 0.264 e. The number of anilines is 1. The molecule has 1 N–H and O–H groups in total. The first-order valence-electron chi connectivity index (χ1n) is 14.8. The van der Waals surface area contributed by atoms with Gasteiger partial charge < -0.3 is 19.7 Å². The summed E-state index contributed by atoms with van der Waals surface area (Å²) in [4.78, 5) is 29.8. The number of halogens is 2. The number of carbonyl (C=O) groups is 2. The van der Waals surface area contributed by atoms with Gasteiger partial charge in [-0.3, -0.25) is 13.9 Å². The van der Waals surface area contributed by atoms with E-state index < -0.39 is 34.4 Å². The number of nitrogens with zero attached hydrogens (tertiary/aromatic N) is 2. The van der Waals surface area contributed by atoms with Gasteiger partial charge in [-0.05, 0) is 61.4 Å². The quantitative estimate of drug-likeness (QED) is 0.164. The van der Waals surface area contributed by atoms with E-state index in [2.05, 4.69) is 5.32 Å². The van der Waals surface area contributed by atoms with Crippen molar-refractivity contribution in [2.45, 2.75) is 43.8 Å². The number of nitrogens with one attached hydrogen (secondary N) is 1. The lowest BCUT2D eigenvalue weighted by atomic mass is 10.0. The molecule has 1 atom stereocenters. The average Bonchev–Trinajstić information content (AvgIpc) is 3.06. The normalized spacial score (nSPS) is 11.9. The molecule has 0 spiro atoms. The highest BCUT2D eigenvalue weighted by molar-refractivity contribution is 7.92. The van der Waals surface area contributed by atoms with Crippen LogP contribution in [0.2, 0.25) is 10.0 Å². The van der Waals surface area contributed by atoms with Crippen molar-refractivity contribution < 1.29 is 27.5 Å². The molecule has 2 amide bonds. The molecule has 0 aliphatic carbocycles. The molecule has 0 bridgehead atoms. The van der Waals surface area contributed by atoms with Crippen molar-refractivity contribution >= 4 is 50.7 Å². The molecule has 4 aromatic carbocycles. The summed E-state index contributed by atoms with van der Waals surface area (Å²) in [6, 6.07) is 25.3. The molecule has 1 unspecified atom stereocenters. The van der Waals surface area contributed by atoms with E-state index in [0.29, 0.717) is 21.4 Å². The number of carbonyl (C=O) groups excluding carboxylic acids is 2. The largest absolute Gasteiger partial charge is 0.493 e. The van der Waals surface area contributed by atoms with Gasteiger partial charge in [0.1, 0.15) is 12.6 Å². The first-order valence-corrected chi connectivity index (χ1v) is 17.0. The Morgan fingerprint density at radius 3 is 2.06 bits per heavy atom. The number of amides is 2. The highest BCUT2D eigenvalue weighted by atomic mass is 35.5. The molecule has 0 aromatic heterocycles. The number of ether oxygens (including phenoxy) is 2. The molecular formula is C35H37Cl2N3O6S. The van der Waals surface area contributed by atoms with Crippen LogP contribution in [0.25, 0.3) is 0 Å². The van der Waals surface area contributed by atoms with Crippen LogP contribution in [0.15, 0.2) is 102 Å². The van der Waals surface area contributed by atoms with Gasteiger partial charge in [0.15, 0.2) is 11.5 Å². The van der Waals surface area contributed by atoms with E-state index in [1.165, 1.54) is 43.4 Å². The summed E-state index contributed by atoms with van der Waals surface area (Å²) in [5.74, 6) is -0.378. The first-order chi connectivity index (χ1) is 22.4. The molecule has 47 heavy (non-hydrogen) atoms. The zero-order valence-corrected chi connectivity index (χ0v) is 28.9. The number of sulfonamides is 1. The van der Waals surface area contributed by atoms with Crippen molar-refractivity contribution in [2.24, 2.45) is 0 Å². The fraction of sp³-hybridized carbons (Fsp3) is 0.257. The van der Waals surface area contributed by atoms with Gasteiger partial charge in [-0.15, -0.1) is 0 Å². The van der Waals surface area contributed by atoms with Crippen LogP contribution in [0.3, 0.4) is 0 Å². The van der Waals surface area contributed by atoms with Crippen LogP contribution in [0.5, 0.6) is 11.5 Å². The maximum atomic E-state index is 14.6. The van der Waals surface area contributed by atoms with Gasteiger partial charge in [0.2, 0.25) is 11.8 Å². The van der Waals surface area contributed by atoms with Crippen molar-refractivity contribution in [2.75, 3.05) is 25.1 Å². The van der Waals surface area contributed by atoms with Crippen LogP contribution < -0.4 is 19.1 Å². The Balaban J connectivity index is 1.85. The molecule has 0 fully saturated rings. The van der Waals surface area contributed by atoms with E-state index >= 15 is 0 Å². The van der Waals surface area contributed by atoms with E-state index in [4.69, 9.17) is 32.7 Å². The Labute approximate surface area is 286 Å². The van der Waals surface area contributed by atoms with Gasteiger partial charge in [-0.1, -0.05) is 77.8 Å². The molecule has 0 radical (unpaired) electrons. The minimum Gasteiger partial charge on any atom is -0.493 e. The van der Waals surface area contributed by atoms with Crippen molar-refractivity contribution in [3.8, 4) is 11.5 Å². The van der Waals surface area contributed by atoms with E-state index in [1.807, 2.05) is 44.2 Å². The summed E-state index contributed by atoms with van der Waals surface area (Å²) in [5, 5.41) is 3.63. The minimum atomic E-state index is -4.29. The minimum absolute atomic E-state index is 0.0201. The standard InChI is InChI=1S/C35H37Cl2N3O6S/c1-24(2)38-35(42)31(19-25-11-7-5-8-12-25)39(22-26-15-16-27(36)20-30(26)37)34(41)23-40(47(43,44)29-13-9-6-10-14-29)28-17-18-32(45-3)33(21-28)46-4/h5-18,20-21,24,31H,19,22-23H2,1-4H3,(H,38,42). The van der Waals surface area contributed by atoms with Gasteiger partial charge in [0, 0.05) is 35.1 Å². The molecule has 0 saturated carbocycles. The second kappa shape index (κ2) is 16.0. The maximum absolute atomic E-state index is 14.6. The molecule has 0 heterocycles. The number of hydrogen-bond donors (Lipinski definition) is 1. The van der Waals surface area contributed by atoms with E-state index in [9.17, 15) is 18.0 Å². The summed E-state index contributed by atoms with van der Waals surface area (Å²) in [7, 11) is -1.39. The predicted molar refractivity (Wildman–Crippen MR) is 185 cm³/mol. The first kappa shape index (κ1) is 35.6. The Kier molecular flexibility index (Phi) is 12.1. The maximum Gasteiger partial charge on any atom is 0.264 e. The van der Waals surface area contributed by atoms with Crippen LogP contribution in [-0.4, -0.2) is 58.0 Å². The number of hydrogen-bond acceptors (Lipinski definition) is 6. The zero-order valence-electron chi connectivity index (χ0n) is 26.5. The number of benzene rings is 4. The van der Waals surface area contributed by atoms with Crippen LogP contribution in [0, 0.1) is 0 Å². The van der Waals surface area contributed by atoms with Gasteiger partial charge in [-0.2, -0.15) is 0 Å². The fourth-order valence-corrected chi connectivity index (χ4v) is 6.89. The fourth-order valence-electron chi connectivity index (χ4n) is 5.00. The van der Waals surface area contributed by atoms with E-state index in [0.717, 1.165) is 9.87 Å².